The maximum absolute atomic E-state index is 12.8. The van der Waals surface area contributed by atoms with Gasteiger partial charge in [-0.2, -0.15) is 0 Å². The second kappa shape index (κ2) is 9.52. The van der Waals surface area contributed by atoms with E-state index in [1.54, 1.807) is 0 Å². The van der Waals surface area contributed by atoms with E-state index < -0.39 is 5.41 Å². The molecule has 1 aromatic carbocycles. The van der Waals surface area contributed by atoms with Gasteiger partial charge >= 0.3 is 5.97 Å². The lowest BCUT2D eigenvalue weighted by Crippen LogP contribution is -2.48. The quantitative estimate of drug-likeness (QED) is 0.692. The first-order chi connectivity index (χ1) is 12.7. The van der Waals surface area contributed by atoms with Crippen molar-refractivity contribution in [2.75, 3.05) is 32.8 Å². The minimum Gasteiger partial charge on any atom is -0.465 e. The average Bonchev–Trinajstić information content (AvgIpc) is 2.70. The SMILES string of the molecule is CCOC(=O)C1(c2ccccc2)CCN(CCOC2CCCCC2)CC1. The van der Waals surface area contributed by atoms with Crippen molar-refractivity contribution in [3.05, 3.63) is 35.9 Å². The van der Waals surface area contributed by atoms with Gasteiger partial charge in [0.1, 0.15) is 0 Å². The van der Waals surface area contributed by atoms with Crippen LogP contribution in [-0.2, 0) is 19.7 Å². The molecular weight excluding hydrogens is 326 g/mol. The van der Waals surface area contributed by atoms with Crippen molar-refractivity contribution in [1.29, 1.82) is 0 Å². The first-order valence-electron chi connectivity index (χ1n) is 10.3. The molecule has 144 valence electrons. The van der Waals surface area contributed by atoms with E-state index in [1.807, 2.05) is 25.1 Å². The largest absolute Gasteiger partial charge is 0.465 e. The topological polar surface area (TPSA) is 38.8 Å². The van der Waals surface area contributed by atoms with Gasteiger partial charge in [0.25, 0.3) is 0 Å². The number of benzene rings is 1. The normalized spacial score (nSPS) is 21.4. The molecule has 0 amide bonds. The molecule has 4 nitrogen and oxygen atoms in total. The van der Waals surface area contributed by atoms with Gasteiger partial charge in [-0.1, -0.05) is 49.6 Å². The Morgan fingerprint density at radius 1 is 1.12 bits per heavy atom. The third-order valence-corrected chi connectivity index (χ3v) is 6.02. The average molecular weight is 360 g/mol. The van der Waals surface area contributed by atoms with Crippen LogP contribution in [0.4, 0.5) is 0 Å². The van der Waals surface area contributed by atoms with Gasteiger partial charge in [-0.25, -0.2) is 0 Å². The van der Waals surface area contributed by atoms with Crippen molar-refractivity contribution < 1.29 is 14.3 Å². The monoisotopic (exact) mass is 359 g/mol. The highest BCUT2D eigenvalue weighted by Crippen LogP contribution is 2.37. The van der Waals surface area contributed by atoms with Gasteiger partial charge in [-0.15, -0.1) is 0 Å². The lowest BCUT2D eigenvalue weighted by Gasteiger charge is -2.40. The van der Waals surface area contributed by atoms with Gasteiger partial charge < -0.3 is 14.4 Å². The first kappa shape index (κ1) is 19.4. The van der Waals surface area contributed by atoms with Crippen LogP contribution < -0.4 is 0 Å². The number of piperidine rings is 1. The Morgan fingerprint density at radius 3 is 2.46 bits per heavy atom. The van der Waals surface area contributed by atoms with E-state index >= 15 is 0 Å². The first-order valence-corrected chi connectivity index (χ1v) is 10.3. The number of hydrogen-bond acceptors (Lipinski definition) is 4. The van der Waals surface area contributed by atoms with Crippen LogP contribution in [0.25, 0.3) is 0 Å². The third-order valence-electron chi connectivity index (χ3n) is 6.02. The van der Waals surface area contributed by atoms with Gasteiger partial charge in [-0.05, 0) is 51.3 Å². The molecule has 0 unspecified atom stereocenters. The van der Waals surface area contributed by atoms with E-state index in [-0.39, 0.29) is 5.97 Å². The highest BCUT2D eigenvalue weighted by Gasteiger charge is 2.44. The molecule has 26 heavy (non-hydrogen) atoms. The summed E-state index contributed by atoms with van der Waals surface area (Å²) in [6, 6.07) is 10.2. The van der Waals surface area contributed by atoms with Gasteiger partial charge in [0.15, 0.2) is 0 Å². The summed E-state index contributed by atoms with van der Waals surface area (Å²) in [5.41, 5.74) is 0.606. The van der Waals surface area contributed by atoms with E-state index in [1.165, 1.54) is 32.1 Å². The standard InChI is InChI=1S/C22H33NO3/c1-2-25-21(24)22(19-9-5-3-6-10-19)13-15-23(16-14-22)17-18-26-20-11-7-4-8-12-20/h3,5-6,9-10,20H,2,4,7-8,11-18H2,1H3. The zero-order valence-corrected chi connectivity index (χ0v) is 16.1. The third kappa shape index (κ3) is 4.66. The molecule has 0 radical (unpaired) electrons. The van der Waals surface area contributed by atoms with Crippen LogP contribution in [0.5, 0.6) is 0 Å². The maximum Gasteiger partial charge on any atom is 0.316 e. The Kier molecular flexibility index (Phi) is 7.09. The molecule has 1 saturated carbocycles. The Labute approximate surface area is 157 Å². The molecule has 0 atom stereocenters. The van der Waals surface area contributed by atoms with Crippen molar-refractivity contribution in [1.82, 2.24) is 4.90 Å². The lowest BCUT2D eigenvalue weighted by molar-refractivity contribution is -0.152. The molecule has 1 aromatic rings. The highest BCUT2D eigenvalue weighted by atomic mass is 16.5. The van der Waals surface area contributed by atoms with Crippen molar-refractivity contribution >= 4 is 5.97 Å². The van der Waals surface area contributed by atoms with Crippen LogP contribution in [0, 0.1) is 0 Å². The fourth-order valence-electron chi connectivity index (χ4n) is 4.38. The summed E-state index contributed by atoms with van der Waals surface area (Å²) in [5, 5.41) is 0. The smallest absolute Gasteiger partial charge is 0.316 e. The molecule has 2 fully saturated rings. The van der Waals surface area contributed by atoms with Crippen molar-refractivity contribution in [3.63, 3.8) is 0 Å². The molecular formula is C22H33NO3. The Bertz CT molecular complexity index is 546. The van der Waals surface area contributed by atoms with Gasteiger partial charge in [-0.3, -0.25) is 4.79 Å². The Hall–Kier alpha value is -1.39. The maximum atomic E-state index is 12.8. The zero-order valence-electron chi connectivity index (χ0n) is 16.1. The van der Waals surface area contributed by atoms with Gasteiger partial charge in [0.05, 0.1) is 24.7 Å². The summed E-state index contributed by atoms with van der Waals surface area (Å²) in [4.78, 5) is 15.2. The van der Waals surface area contributed by atoms with Crippen LogP contribution in [0.15, 0.2) is 30.3 Å². The van der Waals surface area contributed by atoms with Gasteiger partial charge in [0.2, 0.25) is 0 Å². The molecule has 0 spiro atoms. The second-order valence-electron chi connectivity index (χ2n) is 7.64. The summed E-state index contributed by atoms with van der Waals surface area (Å²) in [5.74, 6) is -0.0655. The summed E-state index contributed by atoms with van der Waals surface area (Å²) >= 11 is 0. The predicted octanol–water partition coefficient (Wildman–Crippen LogP) is 3.93. The number of ether oxygens (including phenoxy) is 2. The van der Waals surface area contributed by atoms with Crippen LogP contribution in [-0.4, -0.2) is 49.8 Å². The van der Waals surface area contributed by atoms with E-state index in [9.17, 15) is 4.79 Å². The van der Waals surface area contributed by atoms with Gasteiger partial charge in [0, 0.05) is 6.54 Å². The molecule has 1 aliphatic carbocycles. The predicted molar refractivity (Wildman–Crippen MR) is 103 cm³/mol. The molecule has 1 heterocycles. The second-order valence-corrected chi connectivity index (χ2v) is 7.64. The van der Waals surface area contributed by atoms with E-state index in [0.29, 0.717) is 12.7 Å². The van der Waals surface area contributed by atoms with Crippen LogP contribution >= 0.6 is 0 Å². The fourth-order valence-corrected chi connectivity index (χ4v) is 4.38. The molecule has 0 aromatic heterocycles. The zero-order chi connectivity index (χ0) is 18.2. The van der Waals surface area contributed by atoms with Crippen LogP contribution in [0.2, 0.25) is 0 Å². The molecule has 1 saturated heterocycles. The number of carbonyl (C=O) groups excluding carboxylic acids is 1. The molecule has 1 aliphatic heterocycles. The van der Waals surface area contributed by atoms with Crippen LogP contribution in [0.3, 0.4) is 0 Å². The molecule has 0 N–H and O–H groups in total. The number of esters is 1. The minimum atomic E-state index is -0.488. The summed E-state index contributed by atoms with van der Waals surface area (Å²) in [6.07, 6.45) is 8.54. The minimum absolute atomic E-state index is 0.0655. The number of hydrogen-bond donors (Lipinski definition) is 0. The molecule has 4 heteroatoms. The van der Waals surface area contributed by atoms with Crippen LogP contribution in [0.1, 0.15) is 57.4 Å². The van der Waals surface area contributed by atoms with Crippen molar-refractivity contribution in [2.45, 2.75) is 63.4 Å². The molecule has 2 aliphatic rings. The summed E-state index contributed by atoms with van der Waals surface area (Å²) in [7, 11) is 0. The molecule has 0 bridgehead atoms. The number of nitrogens with zero attached hydrogens (tertiary/aromatic N) is 1. The summed E-state index contributed by atoms with van der Waals surface area (Å²) < 4.78 is 11.5. The van der Waals surface area contributed by atoms with E-state index in [0.717, 1.165) is 44.6 Å². The van der Waals surface area contributed by atoms with E-state index in [2.05, 4.69) is 17.0 Å². The Balaban J connectivity index is 1.54. The highest BCUT2D eigenvalue weighted by molar-refractivity contribution is 5.83. The van der Waals surface area contributed by atoms with Crippen molar-refractivity contribution in [2.24, 2.45) is 0 Å². The van der Waals surface area contributed by atoms with E-state index in [4.69, 9.17) is 9.47 Å². The lowest BCUT2D eigenvalue weighted by atomic mass is 9.72. The molecule has 3 rings (SSSR count). The number of likely N-dealkylation sites (tertiary alicyclic amines) is 1. The Morgan fingerprint density at radius 2 is 1.81 bits per heavy atom. The number of rotatable bonds is 7. The number of carbonyl (C=O) groups is 1. The summed E-state index contributed by atoms with van der Waals surface area (Å²) in [6.45, 7) is 5.93. The fraction of sp³-hybridized carbons (Fsp3) is 0.682. The van der Waals surface area contributed by atoms with Crippen molar-refractivity contribution in [3.8, 4) is 0 Å².